The van der Waals surface area contributed by atoms with E-state index in [9.17, 15) is 38.1 Å². The summed E-state index contributed by atoms with van der Waals surface area (Å²) < 4.78 is 30.2. The van der Waals surface area contributed by atoms with Crippen LogP contribution in [0.15, 0.2) is 71.6 Å². The van der Waals surface area contributed by atoms with Crippen molar-refractivity contribution in [3.8, 4) is 29.4 Å². The van der Waals surface area contributed by atoms with Gasteiger partial charge in [0.2, 0.25) is 0 Å². The molecule has 12 heteroatoms. The maximum absolute atomic E-state index is 14.2. The smallest absolute Gasteiger partial charge is 0.409 e. The van der Waals surface area contributed by atoms with E-state index in [-0.39, 0.29) is 51.6 Å². The highest BCUT2D eigenvalue weighted by Crippen LogP contribution is 2.53. The third-order valence-corrected chi connectivity index (χ3v) is 11.0. The van der Waals surface area contributed by atoms with Crippen LogP contribution < -0.4 is 5.32 Å². The van der Waals surface area contributed by atoms with Gasteiger partial charge in [-0.1, -0.05) is 47.9 Å². The topological polar surface area (TPSA) is 171 Å². The number of ether oxygens (including phenoxy) is 1. The number of hydrogen-bond donors (Lipinski definition) is 4. The summed E-state index contributed by atoms with van der Waals surface area (Å²) in [6.07, 6.45) is 1.31. The highest BCUT2D eigenvalue weighted by molar-refractivity contribution is 7.91. The number of amides is 1. The van der Waals surface area contributed by atoms with Gasteiger partial charge in [-0.3, -0.25) is 9.59 Å². The molecule has 3 atom stereocenters. The first-order chi connectivity index (χ1) is 23.8. The first kappa shape index (κ1) is 34.5. The fourth-order valence-corrected chi connectivity index (χ4v) is 7.38. The van der Waals surface area contributed by atoms with E-state index in [1.54, 1.807) is 31.2 Å². The lowest BCUT2D eigenvalue weighted by Crippen LogP contribution is -2.38. The molecule has 0 bridgehead atoms. The van der Waals surface area contributed by atoms with E-state index in [0.29, 0.717) is 18.4 Å². The normalized spacial score (nSPS) is 19.7. The summed E-state index contributed by atoms with van der Waals surface area (Å²) in [6, 6.07) is 12.8. The number of phenols is 1. The van der Waals surface area contributed by atoms with E-state index in [1.165, 1.54) is 54.4 Å². The summed E-state index contributed by atoms with van der Waals surface area (Å²) in [5.41, 5.74) is -0.344. The molecule has 256 valence electrons. The van der Waals surface area contributed by atoms with Crippen LogP contribution >= 0.6 is 0 Å². The molecule has 0 saturated heterocycles. The summed E-state index contributed by atoms with van der Waals surface area (Å²) in [6.45, 7) is 1.26. The first-order valence-corrected chi connectivity index (χ1v) is 17.6. The maximum atomic E-state index is 14.2. The predicted octanol–water partition coefficient (Wildman–Crippen LogP) is 3.76. The van der Waals surface area contributed by atoms with Gasteiger partial charge in [0.25, 0.3) is 0 Å². The van der Waals surface area contributed by atoms with E-state index in [1.807, 2.05) is 0 Å². The molecule has 0 unspecified atom stereocenters. The van der Waals surface area contributed by atoms with E-state index in [2.05, 4.69) is 29.0 Å². The number of benzene rings is 3. The minimum Gasteiger partial charge on any atom is -0.507 e. The number of hydrogen-bond acceptors (Lipinski definition) is 10. The van der Waals surface area contributed by atoms with E-state index < -0.39 is 62.7 Å². The van der Waals surface area contributed by atoms with Crippen molar-refractivity contribution in [1.29, 1.82) is 0 Å². The largest absolute Gasteiger partial charge is 0.507 e. The Morgan fingerprint density at radius 2 is 1.70 bits per heavy atom. The van der Waals surface area contributed by atoms with Crippen LogP contribution in [0.4, 0.5) is 10.5 Å². The van der Waals surface area contributed by atoms with Gasteiger partial charge in [0.05, 0.1) is 39.6 Å². The molecule has 50 heavy (non-hydrogen) atoms. The van der Waals surface area contributed by atoms with E-state index >= 15 is 0 Å². The number of carbonyl (C=O) groups excluding carboxylic acids is 3. The Hall–Kier alpha value is -5.40. The number of nitrogens with zero attached hydrogens (tertiary/aromatic N) is 1. The zero-order valence-corrected chi connectivity index (χ0v) is 28.1. The van der Waals surface area contributed by atoms with Crippen LogP contribution in [0.5, 0.6) is 5.75 Å². The molecule has 1 aliphatic heterocycles. The van der Waals surface area contributed by atoms with Gasteiger partial charge in [-0.05, 0) is 67.8 Å². The fourth-order valence-electron chi connectivity index (χ4n) is 6.27. The van der Waals surface area contributed by atoms with Crippen molar-refractivity contribution in [2.45, 2.75) is 49.5 Å². The Balaban J connectivity index is 1.27. The average Bonchev–Trinajstić information content (AvgIpc) is 3.91. The molecule has 6 rings (SSSR count). The molecular weight excluding hydrogens is 660 g/mol. The number of aromatic hydroxyl groups is 1. The Kier molecular flexibility index (Phi) is 9.29. The van der Waals surface area contributed by atoms with Gasteiger partial charge < -0.3 is 30.3 Å². The molecule has 0 radical (unpaired) electrons. The van der Waals surface area contributed by atoms with E-state index in [0.717, 1.165) is 0 Å². The molecule has 3 aromatic rings. The molecule has 2 aliphatic carbocycles. The van der Waals surface area contributed by atoms with Crippen LogP contribution in [0.2, 0.25) is 0 Å². The molecule has 0 spiro atoms. The number of rotatable bonds is 8. The Morgan fingerprint density at radius 3 is 2.38 bits per heavy atom. The lowest BCUT2D eigenvalue weighted by atomic mass is 9.79. The molecular formula is C38H34N2O9S. The molecule has 0 aromatic heterocycles. The second kappa shape index (κ2) is 13.5. The lowest BCUT2D eigenvalue weighted by Gasteiger charge is -2.31. The lowest BCUT2D eigenvalue weighted by molar-refractivity contribution is 0.0975. The highest BCUT2D eigenvalue weighted by atomic mass is 32.2. The number of carbonyl (C=O) groups is 3. The summed E-state index contributed by atoms with van der Waals surface area (Å²) >= 11 is 0. The number of phenolic OH excluding ortho intramolecular Hbond substituents is 1. The van der Waals surface area contributed by atoms with Crippen molar-refractivity contribution in [2.24, 2.45) is 5.41 Å². The van der Waals surface area contributed by atoms with Gasteiger partial charge in [-0.2, -0.15) is 0 Å². The minimum atomic E-state index is -3.65. The van der Waals surface area contributed by atoms with Gasteiger partial charge in [-0.25, -0.2) is 13.2 Å². The van der Waals surface area contributed by atoms with Gasteiger partial charge in [0.15, 0.2) is 21.4 Å². The SMILES string of the molecule is C[C@@H](O)C1([C@@H]2C#C/C=C\C#C[C@@H](O)c3cc(O)c4c(c3N2)C(=O)c2ccc(CN(C)C(=O)OCCS(=O)(=O)c3ccccc3)cc2C4=O)CC1. The van der Waals surface area contributed by atoms with Gasteiger partial charge in [-0.15, -0.1) is 0 Å². The van der Waals surface area contributed by atoms with Gasteiger partial charge >= 0.3 is 6.09 Å². The van der Waals surface area contributed by atoms with Crippen LogP contribution in [-0.4, -0.2) is 77.9 Å². The monoisotopic (exact) mass is 694 g/mol. The Labute approximate surface area is 289 Å². The molecule has 4 N–H and O–H groups in total. The number of aliphatic hydroxyl groups is 2. The van der Waals surface area contributed by atoms with Gasteiger partial charge in [0, 0.05) is 35.7 Å². The van der Waals surface area contributed by atoms with Crippen LogP contribution in [0.25, 0.3) is 0 Å². The molecule has 11 nitrogen and oxygen atoms in total. The van der Waals surface area contributed by atoms with Crippen molar-refractivity contribution < 1.29 is 42.9 Å². The second-order valence-corrected chi connectivity index (χ2v) is 14.7. The number of anilines is 1. The summed E-state index contributed by atoms with van der Waals surface area (Å²) in [7, 11) is -2.20. The van der Waals surface area contributed by atoms with E-state index in [4.69, 9.17) is 4.74 Å². The number of sulfone groups is 1. The zero-order valence-electron chi connectivity index (χ0n) is 27.3. The van der Waals surface area contributed by atoms with Crippen molar-refractivity contribution in [2.75, 3.05) is 24.7 Å². The first-order valence-electron chi connectivity index (χ1n) is 15.9. The maximum Gasteiger partial charge on any atom is 0.409 e. The molecule has 1 heterocycles. The number of allylic oxidation sites excluding steroid dienone is 2. The van der Waals surface area contributed by atoms with Crippen LogP contribution in [-0.2, 0) is 21.1 Å². The molecule has 1 fully saturated rings. The predicted molar refractivity (Wildman–Crippen MR) is 183 cm³/mol. The number of nitrogens with one attached hydrogen (secondary N) is 1. The van der Waals surface area contributed by atoms with Crippen molar-refractivity contribution in [3.63, 3.8) is 0 Å². The Bertz CT molecular complexity index is 2170. The quantitative estimate of drug-likeness (QED) is 0.157. The molecule has 3 aliphatic rings. The van der Waals surface area contributed by atoms with Crippen molar-refractivity contribution in [3.05, 3.63) is 100 Å². The van der Waals surface area contributed by atoms with Crippen LogP contribution in [0.1, 0.15) is 68.8 Å². The summed E-state index contributed by atoms with van der Waals surface area (Å²) in [5, 5.41) is 36.1. The minimum absolute atomic E-state index is 0.00571. The zero-order chi connectivity index (χ0) is 35.8. The second-order valence-electron chi connectivity index (χ2n) is 12.6. The summed E-state index contributed by atoms with van der Waals surface area (Å²) in [4.78, 5) is 42.2. The average molecular weight is 695 g/mol. The standard InChI is InChI=1S/C38H34N2O9S/c1-23(41)38(16-17-38)31-13-9-4-3-8-12-29(42)28-21-30(43)32-33(34(28)39-31)35(44)26-15-14-24(20-27(26)36(32)45)22-40(2)37(46)49-18-19-50(47,48)25-10-6-5-7-11-25/h3-7,10-11,14-15,20-21,23,29,31,39,41-43H,16-19,22H2,1-2H3/b4-3-/t23-,29-,31+/m1/s1. The molecule has 1 saturated carbocycles. The highest BCUT2D eigenvalue weighted by Gasteiger charge is 2.53. The van der Waals surface area contributed by atoms with Crippen LogP contribution in [0.3, 0.4) is 0 Å². The third-order valence-electron chi connectivity index (χ3n) is 9.29. The summed E-state index contributed by atoms with van der Waals surface area (Å²) in [5.74, 6) is 9.20. The molecule has 1 amide bonds. The number of aliphatic hydroxyl groups excluding tert-OH is 2. The third kappa shape index (κ3) is 6.49. The van der Waals surface area contributed by atoms with Crippen molar-refractivity contribution >= 4 is 33.2 Å². The van der Waals surface area contributed by atoms with Crippen LogP contribution in [0, 0.1) is 29.1 Å². The number of fused-ring (bicyclic) bond motifs is 4. The van der Waals surface area contributed by atoms with Crippen molar-refractivity contribution in [1.82, 2.24) is 4.90 Å². The molecule has 3 aromatic carbocycles. The number of ketones is 2. The fraction of sp³-hybridized carbons (Fsp3) is 0.289. The Morgan fingerprint density at radius 1 is 1.02 bits per heavy atom. The van der Waals surface area contributed by atoms with Gasteiger partial charge in [0.1, 0.15) is 18.5 Å².